The molecule has 1 aromatic rings. The van der Waals surface area contributed by atoms with Gasteiger partial charge in [-0.1, -0.05) is 18.2 Å². The van der Waals surface area contributed by atoms with Crippen LogP contribution < -0.4 is 10.3 Å². The van der Waals surface area contributed by atoms with Gasteiger partial charge in [0.2, 0.25) is 11.8 Å². The monoisotopic (exact) mass is 247 g/mol. The number of rotatable bonds is 4. The maximum Gasteiger partial charge on any atom is 0.236 e. The summed E-state index contributed by atoms with van der Waals surface area (Å²) in [6.07, 6.45) is 0.172. The summed E-state index contributed by atoms with van der Waals surface area (Å²) in [6.45, 7) is 3.07. The van der Waals surface area contributed by atoms with E-state index in [4.69, 9.17) is 0 Å². The summed E-state index contributed by atoms with van der Waals surface area (Å²) in [6, 6.07) is 9.36. The van der Waals surface area contributed by atoms with Crippen LogP contribution in [0.25, 0.3) is 0 Å². The van der Waals surface area contributed by atoms with Crippen LogP contribution in [0.1, 0.15) is 20.3 Å². The Bertz CT molecular complexity index is 455. The van der Waals surface area contributed by atoms with Gasteiger partial charge < -0.3 is 4.90 Å². The van der Waals surface area contributed by atoms with Crippen LogP contribution in [0.15, 0.2) is 35.4 Å². The molecule has 0 aliphatic carbocycles. The molecule has 0 bridgehead atoms. The molecule has 0 aromatic heterocycles. The number of nitrogens with one attached hydrogen (secondary N) is 1. The van der Waals surface area contributed by atoms with Crippen molar-refractivity contribution in [3.63, 3.8) is 0 Å². The van der Waals surface area contributed by atoms with Crippen molar-refractivity contribution in [1.82, 2.24) is 5.43 Å². The molecular formula is C13H17N3O2. The van der Waals surface area contributed by atoms with Gasteiger partial charge in [-0.25, -0.2) is 5.43 Å². The summed E-state index contributed by atoms with van der Waals surface area (Å²) in [7, 11) is 1.71. The fourth-order valence-electron chi connectivity index (χ4n) is 1.35. The molecule has 0 fully saturated rings. The van der Waals surface area contributed by atoms with E-state index < -0.39 is 0 Å². The van der Waals surface area contributed by atoms with Crippen LogP contribution in [0, 0.1) is 0 Å². The molecule has 5 heteroatoms. The van der Waals surface area contributed by atoms with Gasteiger partial charge in [-0.3, -0.25) is 9.59 Å². The predicted octanol–water partition coefficient (Wildman–Crippen LogP) is 1.55. The van der Waals surface area contributed by atoms with E-state index in [1.54, 1.807) is 18.9 Å². The average molecular weight is 247 g/mol. The molecule has 0 saturated carbocycles. The van der Waals surface area contributed by atoms with Crippen molar-refractivity contribution in [1.29, 1.82) is 0 Å². The van der Waals surface area contributed by atoms with Crippen molar-refractivity contribution in [3.8, 4) is 0 Å². The second-order valence-electron chi connectivity index (χ2n) is 3.98. The molecule has 0 unspecified atom stereocenters. The van der Waals surface area contributed by atoms with Crippen LogP contribution in [0.3, 0.4) is 0 Å². The lowest BCUT2D eigenvalue weighted by atomic mass is 10.2. The predicted molar refractivity (Wildman–Crippen MR) is 71.4 cm³/mol. The van der Waals surface area contributed by atoms with Gasteiger partial charge in [0.1, 0.15) is 0 Å². The molecule has 1 rings (SSSR count). The molecule has 0 spiro atoms. The highest BCUT2D eigenvalue weighted by atomic mass is 16.2. The maximum absolute atomic E-state index is 11.9. The van der Waals surface area contributed by atoms with Crippen molar-refractivity contribution in [2.24, 2.45) is 5.10 Å². The first-order chi connectivity index (χ1) is 8.50. The Morgan fingerprint density at radius 3 is 2.39 bits per heavy atom. The van der Waals surface area contributed by atoms with E-state index in [1.165, 1.54) is 6.92 Å². The van der Waals surface area contributed by atoms with Crippen molar-refractivity contribution < 1.29 is 9.59 Å². The highest BCUT2D eigenvalue weighted by Crippen LogP contribution is 2.12. The Balaban J connectivity index is 2.60. The lowest BCUT2D eigenvalue weighted by molar-refractivity contribution is -0.119. The molecule has 1 aromatic carbocycles. The molecular weight excluding hydrogens is 230 g/mol. The van der Waals surface area contributed by atoms with Crippen LogP contribution in [0.2, 0.25) is 0 Å². The summed E-state index contributed by atoms with van der Waals surface area (Å²) >= 11 is 0. The Labute approximate surface area is 106 Å². The minimum Gasteiger partial charge on any atom is -0.315 e. The number of hydrazone groups is 1. The lowest BCUT2D eigenvalue weighted by Gasteiger charge is -2.16. The van der Waals surface area contributed by atoms with E-state index in [0.717, 1.165) is 5.69 Å². The number of carbonyl (C=O) groups excluding carboxylic acids is 2. The van der Waals surface area contributed by atoms with Crippen molar-refractivity contribution in [2.75, 3.05) is 11.9 Å². The summed E-state index contributed by atoms with van der Waals surface area (Å²) in [5.74, 6) is -0.328. The van der Waals surface area contributed by atoms with Crippen molar-refractivity contribution >= 4 is 23.2 Å². The van der Waals surface area contributed by atoms with Gasteiger partial charge in [0.15, 0.2) is 0 Å². The number of benzene rings is 1. The number of amides is 2. The number of carbonyl (C=O) groups is 2. The number of hydrogen-bond donors (Lipinski definition) is 1. The molecule has 0 atom stereocenters. The fraction of sp³-hybridized carbons (Fsp3) is 0.308. The van der Waals surface area contributed by atoms with Gasteiger partial charge in [0.25, 0.3) is 0 Å². The topological polar surface area (TPSA) is 61.8 Å². The van der Waals surface area contributed by atoms with Gasteiger partial charge in [0.05, 0.1) is 6.42 Å². The molecule has 0 aliphatic rings. The molecule has 96 valence electrons. The number of para-hydroxylation sites is 1. The highest BCUT2D eigenvalue weighted by Gasteiger charge is 2.11. The normalized spacial score (nSPS) is 10.9. The van der Waals surface area contributed by atoms with E-state index >= 15 is 0 Å². The number of nitrogens with zero attached hydrogens (tertiary/aromatic N) is 2. The smallest absolute Gasteiger partial charge is 0.236 e. The van der Waals surface area contributed by atoms with Crippen LogP contribution in [-0.4, -0.2) is 24.6 Å². The first-order valence-corrected chi connectivity index (χ1v) is 5.62. The molecule has 0 heterocycles. The molecule has 0 radical (unpaired) electrons. The van der Waals surface area contributed by atoms with Crippen LogP contribution in [0.4, 0.5) is 5.69 Å². The standard InChI is InChI=1S/C13H17N3O2/c1-10(14-15-11(2)17)9-13(18)16(3)12-7-5-4-6-8-12/h4-8H,9H2,1-3H3,(H,15,17)/b14-10-. The first kappa shape index (κ1) is 13.9. The largest absolute Gasteiger partial charge is 0.315 e. The van der Waals surface area contributed by atoms with E-state index in [0.29, 0.717) is 5.71 Å². The van der Waals surface area contributed by atoms with Crippen molar-refractivity contribution in [3.05, 3.63) is 30.3 Å². The summed E-state index contributed by atoms with van der Waals surface area (Å²) < 4.78 is 0. The second kappa shape index (κ2) is 6.54. The van der Waals surface area contributed by atoms with Crippen LogP contribution in [0.5, 0.6) is 0 Å². The van der Waals surface area contributed by atoms with E-state index in [9.17, 15) is 9.59 Å². The van der Waals surface area contributed by atoms with Gasteiger partial charge in [0, 0.05) is 25.4 Å². The first-order valence-electron chi connectivity index (χ1n) is 5.62. The molecule has 2 amide bonds. The number of anilines is 1. The molecule has 0 saturated heterocycles. The minimum atomic E-state index is -0.252. The second-order valence-corrected chi connectivity index (χ2v) is 3.98. The van der Waals surface area contributed by atoms with Gasteiger partial charge in [-0.15, -0.1) is 0 Å². The quantitative estimate of drug-likeness (QED) is 0.648. The van der Waals surface area contributed by atoms with E-state index in [2.05, 4.69) is 10.5 Å². The Morgan fingerprint density at radius 2 is 1.83 bits per heavy atom. The van der Waals surface area contributed by atoms with Crippen LogP contribution >= 0.6 is 0 Å². The third kappa shape index (κ3) is 4.37. The van der Waals surface area contributed by atoms with E-state index in [-0.39, 0.29) is 18.2 Å². The Morgan fingerprint density at radius 1 is 1.22 bits per heavy atom. The summed E-state index contributed by atoms with van der Waals surface area (Å²) in [5, 5.41) is 3.81. The number of hydrogen-bond acceptors (Lipinski definition) is 3. The maximum atomic E-state index is 11.9. The molecule has 1 N–H and O–H groups in total. The van der Waals surface area contributed by atoms with E-state index in [1.807, 2.05) is 30.3 Å². The summed E-state index contributed by atoms with van der Waals surface area (Å²) in [5.41, 5.74) is 3.70. The minimum absolute atomic E-state index is 0.0761. The van der Waals surface area contributed by atoms with Gasteiger partial charge in [-0.2, -0.15) is 5.10 Å². The van der Waals surface area contributed by atoms with Crippen molar-refractivity contribution in [2.45, 2.75) is 20.3 Å². The van der Waals surface area contributed by atoms with Gasteiger partial charge >= 0.3 is 0 Å². The molecule has 5 nitrogen and oxygen atoms in total. The molecule has 0 aliphatic heterocycles. The van der Waals surface area contributed by atoms with Crippen LogP contribution in [-0.2, 0) is 9.59 Å². The highest BCUT2D eigenvalue weighted by molar-refractivity contribution is 6.06. The Hall–Kier alpha value is -2.17. The molecule has 18 heavy (non-hydrogen) atoms. The third-order valence-electron chi connectivity index (χ3n) is 2.33. The fourth-order valence-corrected chi connectivity index (χ4v) is 1.35. The average Bonchev–Trinajstić information content (AvgIpc) is 2.36. The lowest BCUT2D eigenvalue weighted by Crippen LogP contribution is -2.28. The zero-order chi connectivity index (χ0) is 13.5. The third-order valence-corrected chi connectivity index (χ3v) is 2.33. The van der Waals surface area contributed by atoms with Gasteiger partial charge in [-0.05, 0) is 19.1 Å². The SMILES string of the molecule is CC(=O)N/N=C(/C)CC(=O)N(C)c1ccccc1. The zero-order valence-electron chi connectivity index (χ0n) is 10.8. The Kier molecular flexibility index (Phi) is 5.05. The zero-order valence-corrected chi connectivity index (χ0v) is 10.8. The summed E-state index contributed by atoms with van der Waals surface area (Å²) in [4.78, 5) is 24.2.